The minimum absolute atomic E-state index is 0.248. The molecule has 5 rings (SSSR count). The molecule has 1 N–H and O–H groups in total. The number of carbonyl (C=O) groups is 1. The second kappa shape index (κ2) is 11.0. The summed E-state index contributed by atoms with van der Waals surface area (Å²) in [5, 5.41) is 7.72. The molecule has 0 spiro atoms. The van der Waals surface area contributed by atoms with Crippen molar-refractivity contribution < 1.29 is 19.0 Å². The zero-order valence-electron chi connectivity index (χ0n) is 20.8. The van der Waals surface area contributed by atoms with E-state index in [9.17, 15) is 4.79 Å². The molecule has 37 heavy (non-hydrogen) atoms. The molecule has 0 saturated heterocycles. The Morgan fingerprint density at radius 3 is 2.41 bits per heavy atom. The molecule has 1 aromatic heterocycles. The first-order chi connectivity index (χ1) is 18.2. The van der Waals surface area contributed by atoms with Crippen molar-refractivity contribution >= 4 is 17.6 Å². The Balaban J connectivity index is 1.60. The second-order valence-corrected chi connectivity index (χ2v) is 8.34. The lowest BCUT2D eigenvalue weighted by atomic mass is 9.92. The Kier molecular flexibility index (Phi) is 7.16. The number of fused-ring (bicyclic) bond motifs is 1. The van der Waals surface area contributed by atoms with Crippen LogP contribution in [0.1, 0.15) is 36.6 Å². The van der Waals surface area contributed by atoms with E-state index in [1.807, 2.05) is 85.8 Å². The van der Waals surface area contributed by atoms with Crippen molar-refractivity contribution in [3.63, 3.8) is 0 Å². The van der Waals surface area contributed by atoms with Crippen LogP contribution in [0.5, 0.6) is 11.5 Å². The van der Waals surface area contributed by atoms with Crippen LogP contribution in [0.3, 0.4) is 0 Å². The van der Waals surface area contributed by atoms with E-state index in [-0.39, 0.29) is 6.61 Å². The van der Waals surface area contributed by atoms with E-state index in [1.54, 1.807) is 11.6 Å². The van der Waals surface area contributed by atoms with Gasteiger partial charge in [0.2, 0.25) is 5.95 Å². The highest BCUT2D eigenvalue weighted by Gasteiger charge is 2.36. The zero-order chi connectivity index (χ0) is 25.6. The van der Waals surface area contributed by atoms with Gasteiger partial charge in [-0.1, -0.05) is 66.7 Å². The fourth-order valence-electron chi connectivity index (χ4n) is 4.35. The number of nitrogens with one attached hydrogen (secondary N) is 1. The summed E-state index contributed by atoms with van der Waals surface area (Å²) in [6, 6.07) is 24.7. The summed E-state index contributed by atoms with van der Waals surface area (Å²) in [6.07, 6.45) is 1.47. The number of nitrogens with zero attached hydrogens (tertiary/aromatic N) is 3. The lowest BCUT2D eigenvalue weighted by molar-refractivity contribution is -0.138. The van der Waals surface area contributed by atoms with E-state index in [4.69, 9.17) is 14.2 Å². The zero-order valence-corrected chi connectivity index (χ0v) is 20.8. The Hall–Kier alpha value is -4.59. The molecule has 2 heterocycles. The number of aromatic nitrogens is 3. The Morgan fingerprint density at radius 2 is 1.68 bits per heavy atom. The van der Waals surface area contributed by atoms with Gasteiger partial charge in [-0.15, -0.1) is 0 Å². The number of esters is 1. The van der Waals surface area contributed by atoms with Crippen molar-refractivity contribution in [1.82, 2.24) is 14.8 Å². The van der Waals surface area contributed by atoms with Crippen LogP contribution in [0.15, 0.2) is 90.8 Å². The topological polar surface area (TPSA) is 87.5 Å². The molecule has 1 unspecified atom stereocenters. The maximum atomic E-state index is 13.4. The molecule has 0 amide bonds. The van der Waals surface area contributed by atoms with Gasteiger partial charge in [-0.25, -0.2) is 9.48 Å². The smallest absolute Gasteiger partial charge is 0.338 e. The Labute approximate surface area is 215 Å². The minimum Gasteiger partial charge on any atom is -0.490 e. The van der Waals surface area contributed by atoms with Crippen LogP contribution in [0, 0.1) is 0 Å². The molecule has 1 aliphatic heterocycles. The fourth-order valence-corrected chi connectivity index (χ4v) is 4.35. The molecule has 8 heteroatoms. The van der Waals surface area contributed by atoms with Gasteiger partial charge in [0.15, 0.2) is 11.5 Å². The van der Waals surface area contributed by atoms with Crippen LogP contribution < -0.4 is 14.8 Å². The number of rotatable bonds is 9. The molecule has 0 saturated carbocycles. The standard InChI is InChI=1S/C29H28N4O4/c1-3-35-24-17-22(15-16-23(24)37-18-20-11-7-5-8-12-20)27-25(28(34)36-4-2)26(21-13-9-6-10-14-21)32-29-30-19-31-33(27)29/h5-17,19,27H,3-4,18H2,1-2H3,(H,30,31,32). The highest BCUT2D eigenvalue weighted by atomic mass is 16.5. The van der Waals surface area contributed by atoms with Crippen LogP contribution in [0.4, 0.5) is 5.95 Å². The van der Waals surface area contributed by atoms with Gasteiger partial charge >= 0.3 is 5.97 Å². The molecule has 0 fully saturated rings. The lowest BCUT2D eigenvalue weighted by Crippen LogP contribution is -2.30. The average Bonchev–Trinajstić information content (AvgIpc) is 3.41. The average molecular weight is 497 g/mol. The molecule has 0 aliphatic carbocycles. The third-order valence-corrected chi connectivity index (χ3v) is 5.98. The summed E-state index contributed by atoms with van der Waals surface area (Å²) in [7, 11) is 0. The normalized spacial score (nSPS) is 14.5. The molecule has 0 radical (unpaired) electrons. The molecular formula is C29H28N4O4. The molecule has 1 aliphatic rings. The molecular weight excluding hydrogens is 468 g/mol. The van der Waals surface area contributed by atoms with Crippen LogP contribution in [-0.4, -0.2) is 33.9 Å². The second-order valence-electron chi connectivity index (χ2n) is 8.34. The lowest BCUT2D eigenvalue weighted by Gasteiger charge is -2.30. The molecule has 3 aromatic carbocycles. The summed E-state index contributed by atoms with van der Waals surface area (Å²) in [5.41, 5.74) is 3.76. The summed E-state index contributed by atoms with van der Waals surface area (Å²) in [5.74, 6) is 1.30. The fraction of sp³-hybridized carbons (Fsp3) is 0.207. The first-order valence-corrected chi connectivity index (χ1v) is 12.3. The van der Waals surface area contributed by atoms with Crippen molar-refractivity contribution in [3.05, 3.63) is 107 Å². The maximum absolute atomic E-state index is 13.4. The number of ether oxygens (including phenoxy) is 3. The van der Waals surface area contributed by atoms with Crippen molar-refractivity contribution in [3.8, 4) is 11.5 Å². The van der Waals surface area contributed by atoms with E-state index >= 15 is 0 Å². The van der Waals surface area contributed by atoms with Gasteiger partial charge in [0.25, 0.3) is 0 Å². The summed E-state index contributed by atoms with van der Waals surface area (Å²) in [6.45, 7) is 4.83. The maximum Gasteiger partial charge on any atom is 0.338 e. The van der Waals surface area contributed by atoms with Gasteiger partial charge in [0.1, 0.15) is 19.0 Å². The first kappa shape index (κ1) is 24.1. The monoisotopic (exact) mass is 496 g/mol. The van der Waals surface area contributed by atoms with E-state index < -0.39 is 12.0 Å². The predicted molar refractivity (Wildman–Crippen MR) is 140 cm³/mol. The Bertz CT molecular complexity index is 1400. The van der Waals surface area contributed by atoms with Crippen LogP contribution in [0.25, 0.3) is 5.70 Å². The van der Waals surface area contributed by atoms with E-state index in [2.05, 4.69) is 15.4 Å². The highest BCUT2D eigenvalue weighted by molar-refractivity contribution is 6.02. The quantitative estimate of drug-likeness (QED) is 0.317. The third kappa shape index (κ3) is 5.04. The van der Waals surface area contributed by atoms with E-state index in [0.717, 1.165) is 16.7 Å². The van der Waals surface area contributed by atoms with Gasteiger partial charge in [0, 0.05) is 0 Å². The SMILES string of the molecule is CCOC(=O)C1=C(c2ccccc2)Nc2ncnn2C1c1ccc(OCc2ccccc2)c(OCC)c1. The largest absolute Gasteiger partial charge is 0.490 e. The third-order valence-electron chi connectivity index (χ3n) is 5.98. The summed E-state index contributed by atoms with van der Waals surface area (Å²) >= 11 is 0. The summed E-state index contributed by atoms with van der Waals surface area (Å²) in [4.78, 5) is 17.8. The Morgan fingerprint density at radius 1 is 0.919 bits per heavy atom. The number of hydrogen-bond donors (Lipinski definition) is 1. The van der Waals surface area contributed by atoms with Crippen molar-refractivity contribution in [1.29, 1.82) is 0 Å². The molecule has 188 valence electrons. The molecule has 4 aromatic rings. The highest BCUT2D eigenvalue weighted by Crippen LogP contribution is 2.41. The van der Waals surface area contributed by atoms with E-state index in [0.29, 0.717) is 41.9 Å². The van der Waals surface area contributed by atoms with Gasteiger partial charge < -0.3 is 19.5 Å². The number of anilines is 1. The van der Waals surface area contributed by atoms with E-state index in [1.165, 1.54) is 6.33 Å². The van der Waals surface area contributed by atoms with Gasteiger partial charge in [-0.3, -0.25) is 0 Å². The van der Waals surface area contributed by atoms with Gasteiger partial charge in [-0.05, 0) is 42.7 Å². The van der Waals surface area contributed by atoms with Crippen LogP contribution >= 0.6 is 0 Å². The first-order valence-electron chi connectivity index (χ1n) is 12.3. The van der Waals surface area contributed by atoms with Crippen molar-refractivity contribution in [2.45, 2.75) is 26.5 Å². The minimum atomic E-state index is -0.588. The van der Waals surface area contributed by atoms with Crippen LogP contribution in [0.2, 0.25) is 0 Å². The molecule has 8 nitrogen and oxygen atoms in total. The van der Waals surface area contributed by atoms with Crippen LogP contribution in [-0.2, 0) is 16.1 Å². The van der Waals surface area contributed by atoms with Gasteiger partial charge in [-0.2, -0.15) is 10.1 Å². The predicted octanol–water partition coefficient (Wildman–Crippen LogP) is 5.25. The van der Waals surface area contributed by atoms with Crippen molar-refractivity contribution in [2.75, 3.05) is 18.5 Å². The summed E-state index contributed by atoms with van der Waals surface area (Å²) < 4.78 is 19.3. The van der Waals surface area contributed by atoms with Gasteiger partial charge in [0.05, 0.1) is 24.5 Å². The number of carbonyl (C=O) groups excluding carboxylic acids is 1. The number of benzene rings is 3. The molecule has 1 atom stereocenters. The molecule has 0 bridgehead atoms. The van der Waals surface area contributed by atoms with Crippen molar-refractivity contribution in [2.24, 2.45) is 0 Å². The number of hydrogen-bond acceptors (Lipinski definition) is 7.